The van der Waals surface area contributed by atoms with Gasteiger partial charge in [0, 0.05) is 11.4 Å². The van der Waals surface area contributed by atoms with Gasteiger partial charge >= 0.3 is 5.97 Å². The van der Waals surface area contributed by atoms with Crippen molar-refractivity contribution in [3.8, 4) is 5.69 Å². The summed E-state index contributed by atoms with van der Waals surface area (Å²) in [6, 6.07) is 13.7. The lowest BCUT2D eigenvalue weighted by Crippen LogP contribution is -3.05. The predicted molar refractivity (Wildman–Crippen MR) is 110 cm³/mol. The molecule has 1 N–H and O–H groups in total. The number of benzene rings is 2. The molecule has 3 rings (SSSR count). The van der Waals surface area contributed by atoms with Crippen LogP contribution in [0.15, 0.2) is 53.7 Å². The van der Waals surface area contributed by atoms with Crippen molar-refractivity contribution in [1.29, 1.82) is 0 Å². The highest BCUT2D eigenvalue weighted by atomic mass is 32.2. The Balaban J connectivity index is 1.87. The summed E-state index contributed by atoms with van der Waals surface area (Å²) in [4.78, 5) is 12.8. The Kier molecular flexibility index (Phi) is 6.66. The lowest BCUT2D eigenvalue weighted by Gasteiger charge is -2.18. The molecule has 0 amide bonds. The molecule has 0 aliphatic rings. The first kappa shape index (κ1) is 21.0. The van der Waals surface area contributed by atoms with Crippen LogP contribution in [0.4, 0.5) is 4.39 Å². The molecule has 0 fully saturated rings. The van der Waals surface area contributed by atoms with Gasteiger partial charge in [-0.05, 0) is 48.9 Å². The van der Waals surface area contributed by atoms with Crippen molar-refractivity contribution in [2.75, 3.05) is 21.2 Å². The lowest BCUT2D eigenvalue weighted by atomic mass is 10.1. The summed E-state index contributed by atoms with van der Waals surface area (Å²) in [5.74, 6) is 0.837. The standard InChI is InChI=1S/C21H23FN4O2S/c1-14(25(2)3)19-23-24-21(26(19)18-11-9-17(22)10-12-18)29-13-15-5-7-16(8-6-15)20(27)28-4/h5-12,14H,13H2,1-4H3/p+1/t14-/m1/s1. The van der Waals surface area contributed by atoms with Crippen LogP contribution in [0.5, 0.6) is 0 Å². The van der Waals surface area contributed by atoms with Crippen LogP contribution in [0.3, 0.4) is 0 Å². The largest absolute Gasteiger partial charge is 0.465 e. The Bertz CT molecular complexity index is 971. The molecule has 0 radical (unpaired) electrons. The van der Waals surface area contributed by atoms with Gasteiger partial charge in [-0.3, -0.25) is 4.57 Å². The molecule has 8 heteroatoms. The number of nitrogens with one attached hydrogen (secondary N) is 1. The Morgan fingerprint density at radius 3 is 2.38 bits per heavy atom. The molecule has 0 bridgehead atoms. The van der Waals surface area contributed by atoms with Crippen LogP contribution < -0.4 is 4.90 Å². The van der Waals surface area contributed by atoms with E-state index < -0.39 is 0 Å². The first-order chi connectivity index (χ1) is 13.9. The van der Waals surface area contributed by atoms with E-state index in [1.165, 1.54) is 35.9 Å². The maximum absolute atomic E-state index is 13.4. The van der Waals surface area contributed by atoms with Crippen molar-refractivity contribution >= 4 is 17.7 Å². The van der Waals surface area contributed by atoms with E-state index in [2.05, 4.69) is 31.2 Å². The van der Waals surface area contributed by atoms with Crippen LogP contribution in [0.1, 0.15) is 34.7 Å². The molecule has 29 heavy (non-hydrogen) atoms. The zero-order valence-corrected chi connectivity index (χ0v) is 17.7. The van der Waals surface area contributed by atoms with Crippen molar-refractivity contribution in [1.82, 2.24) is 14.8 Å². The maximum Gasteiger partial charge on any atom is 0.337 e. The Morgan fingerprint density at radius 1 is 1.14 bits per heavy atom. The van der Waals surface area contributed by atoms with E-state index in [1.54, 1.807) is 24.3 Å². The number of esters is 1. The first-order valence-corrected chi connectivity index (χ1v) is 10.2. The molecule has 1 aromatic heterocycles. The molecule has 1 atom stereocenters. The minimum atomic E-state index is -0.356. The molecular weight excluding hydrogens is 391 g/mol. The van der Waals surface area contributed by atoms with E-state index >= 15 is 0 Å². The van der Waals surface area contributed by atoms with Crippen LogP contribution in [-0.4, -0.2) is 41.9 Å². The summed E-state index contributed by atoms with van der Waals surface area (Å²) in [5.41, 5.74) is 2.38. The summed E-state index contributed by atoms with van der Waals surface area (Å²) in [5, 5.41) is 9.53. The average Bonchev–Trinajstić information content (AvgIpc) is 3.15. The van der Waals surface area contributed by atoms with Crippen LogP contribution in [0.25, 0.3) is 5.69 Å². The minimum Gasteiger partial charge on any atom is -0.465 e. The number of carbonyl (C=O) groups is 1. The fourth-order valence-corrected chi connectivity index (χ4v) is 3.66. The van der Waals surface area contributed by atoms with E-state index in [-0.39, 0.29) is 17.8 Å². The molecule has 152 valence electrons. The number of nitrogens with zero attached hydrogens (tertiary/aromatic N) is 3. The van der Waals surface area contributed by atoms with Crippen LogP contribution in [0.2, 0.25) is 0 Å². The van der Waals surface area contributed by atoms with E-state index in [0.29, 0.717) is 11.3 Å². The number of rotatable bonds is 7. The lowest BCUT2D eigenvalue weighted by molar-refractivity contribution is -0.890. The summed E-state index contributed by atoms with van der Waals surface area (Å²) in [6.07, 6.45) is 0. The fraction of sp³-hybridized carbons (Fsp3) is 0.286. The third-order valence-electron chi connectivity index (χ3n) is 4.74. The van der Waals surface area contributed by atoms with Gasteiger partial charge < -0.3 is 9.64 Å². The molecule has 0 aliphatic carbocycles. The molecular formula is C21H24FN4O2S+. The van der Waals surface area contributed by atoms with Gasteiger partial charge in [-0.25, -0.2) is 9.18 Å². The Morgan fingerprint density at radius 2 is 1.79 bits per heavy atom. The second kappa shape index (κ2) is 9.19. The number of thioether (sulfide) groups is 1. The number of carbonyl (C=O) groups excluding carboxylic acids is 1. The molecule has 6 nitrogen and oxygen atoms in total. The van der Waals surface area contributed by atoms with Crippen LogP contribution in [-0.2, 0) is 10.5 Å². The summed E-state index contributed by atoms with van der Waals surface area (Å²) >= 11 is 1.54. The number of ether oxygens (including phenoxy) is 1. The number of methoxy groups -OCH3 is 1. The summed E-state index contributed by atoms with van der Waals surface area (Å²) < 4.78 is 20.1. The zero-order chi connectivity index (χ0) is 21.0. The quantitative estimate of drug-likeness (QED) is 0.475. The topological polar surface area (TPSA) is 61.4 Å². The minimum absolute atomic E-state index is 0.112. The SMILES string of the molecule is COC(=O)c1ccc(CSc2nnc([C@@H](C)[NH+](C)C)n2-c2ccc(F)cc2)cc1. The number of hydrogen-bond acceptors (Lipinski definition) is 5. The van der Waals surface area contributed by atoms with Crippen molar-refractivity contribution in [2.45, 2.75) is 23.9 Å². The van der Waals surface area contributed by atoms with E-state index in [9.17, 15) is 9.18 Å². The normalized spacial score (nSPS) is 12.2. The van der Waals surface area contributed by atoms with Crippen LogP contribution in [0, 0.1) is 5.82 Å². The molecule has 3 aromatic rings. The Hall–Kier alpha value is -2.71. The molecule has 0 spiro atoms. The predicted octanol–water partition coefficient (Wildman–Crippen LogP) is 2.69. The first-order valence-electron chi connectivity index (χ1n) is 9.22. The van der Waals surface area contributed by atoms with Crippen molar-refractivity contribution in [3.05, 3.63) is 71.3 Å². The summed E-state index contributed by atoms with van der Waals surface area (Å²) in [6.45, 7) is 2.08. The monoisotopic (exact) mass is 415 g/mol. The molecule has 0 saturated carbocycles. The smallest absolute Gasteiger partial charge is 0.337 e. The van der Waals surface area contributed by atoms with E-state index in [4.69, 9.17) is 4.74 Å². The molecule has 0 aliphatic heterocycles. The third kappa shape index (κ3) is 4.83. The van der Waals surface area contributed by atoms with Gasteiger partial charge in [0.2, 0.25) is 0 Å². The number of halogens is 1. The van der Waals surface area contributed by atoms with Crippen molar-refractivity contribution in [2.24, 2.45) is 0 Å². The fourth-order valence-electron chi connectivity index (χ4n) is 2.75. The number of aromatic nitrogens is 3. The maximum atomic E-state index is 13.4. The average molecular weight is 416 g/mol. The van der Waals surface area contributed by atoms with Gasteiger partial charge in [0.25, 0.3) is 0 Å². The van der Waals surface area contributed by atoms with E-state index in [1.807, 2.05) is 16.7 Å². The number of quaternary nitrogens is 1. The van der Waals surface area contributed by atoms with Gasteiger partial charge in [0.1, 0.15) is 11.9 Å². The van der Waals surface area contributed by atoms with Crippen LogP contribution >= 0.6 is 11.8 Å². The molecule has 0 unspecified atom stereocenters. The number of hydrogen-bond donors (Lipinski definition) is 1. The van der Waals surface area contributed by atoms with Crippen molar-refractivity contribution in [3.63, 3.8) is 0 Å². The van der Waals surface area contributed by atoms with E-state index in [0.717, 1.165) is 22.2 Å². The third-order valence-corrected chi connectivity index (χ3v) is 5.74. The zero-order valence-electron chi connectivity index (χ0n) is 16.8. The highest BCUT2D eigenvalue weighted by Gasteiger charge is 2.23. The Labute approximate surface area is 173 Å². The van der Waals surface area contributed by atoms with Gasteiger partial charge in [-0.15, -0.1) is 10.2 Å². The van der Waals surface area contributed by atoms with Gasteiger partial charge in [0.05, 0.1) is 26.8 Å². The second-order valence-electron chi connectivity index (χ2n) is 6.93. The highest BCUT2D eigenvalue weighted by Crippen LogP contribution is 2.27. The highest BCUT2D eigenvalue weighted by molar-refractivity contribution is 7.98. The molecule has 1 heterocycles. The van der Waals surface area contributed by atoms with Gasteiger partial charge in [-0.2, -0.15) is 0 Å². The van der Waals surface area contributed by atoms with Gasteiger partial charge in [0.15, 0.2) is 11.0 Å². The van der Waals surface area contributed by atoms with Gasteiger partial charge in [-0.1, -0.05) is 23.9 Å². The summed E-state index contributed by atoms with van der Waals surface area (Å²) in [7, 11) is 5.48. The second-order valence-corrected chi connectivity index (χ2v) is 7.87. The van der Waals surface area contributed by atoms with Crippen molar-refractivity contribution < 1.29 is 18.8 Å². The molecule has 2 aromatic carbocycles. The molecule has 0 saturated heterocycles.